The summed E-state index contributed by atoms with van der Waals surface area (Å²) in [6.07, 6.45) is 2.49. The van der Waals surface area contributed by atoms with Gasteiger partial charge in [0, 0.05) is 22.4 Å². The zero-order valence-electron chi connectivity index (χ0n) is 10.3. The lowest BCUT2D eigenvalue weighted by Gasteiger charge is -2.02. The van der Waals surface area contributed by atoms with Gasteiger partial charge in [0.25, 0.3) is 0 Å². The first-order valence-electron chi connectivity index (χ1n) is 6.04. The fourth-order valence-corrected chi connectivity index (χ4v) is 2.41. The maximum atomic E-state index is 9.95. The van der Waals surface area contributed by atoms with Gasteiger partial charge in [-0.05, 0) is 37.1 Å². The Balaban J connectivity index is 2.39. The summed E-state index contributed by atoms with van der Waals surface area (Å²) in [5.41, 5.74) is 4.23. The summed E-state index contributed by atoms with van der Waals surface area (Å²) in [5, 5.41) is 12.3. The molecule has 0 saturated carbocycles. The van der Waals surface area contributed by atoms with Crippen LogP contribution in [0.3, 0.4) is 0 Å². The van der Waals surface area contributed by atoms with Crippen LogP contribution in [-0.4, -0.2) is 10.1 Å². The highest BCUT2D eigenvalue weighted by Gasteiger charge is 2.08. The monoisotopic (exact) mass is 237 g/mol. The molecule has 0 unspecified atom stereocenters. The van der Waals surface area contributed by atoms with Crippen molar-refractivity contribution < 1.29 is 5.11 Å². The van der Waals surface area contributed by atoms with Crippen molar-refractivity contribution in [2.24, 2.45) is 0 Å². The van der Waals surface area contributed by atoms with Gasteiger partial charge in [-0.1, -0.05) is 17.7 Å². The van der Waals surface area contributed by atoms with Crippen LogP contribution in [0, 0.1) is 6.92 Å². The van der Waals surface area contributed by atoms with E-state index in [-0.39, 0.29) is 0 Å². The van der Waals surface area contributed by atoms with Crippen molar-refractivity contribution in [3.8, 4) is 5.75 Å². The molecule has 18 heavy (non-hydrogen) atoms. The van der Waals surface area contributed by atoms with Gasteiger partial charge >= 0.3 is 0 Å². The number of phenolic OH excluding ortho intramolecular Hbond substituents is 1. The van der Waals surface area contributed by atoms with E-state index in [4.69, 9.17) is 0 Å². The van der Waals surface area contributed by atoms with Crippen molar-refractivity contribution >= 4 is 21.8 Å². The third-order valence-electron chi connectivity index (χ3n) is 3.32. The number of aromatic amines is 1. The predicted octanol–water partition coefficient (Wildman–Crippen LogP) is 4.06. The topological polar surface area (TPSA) is 36.0 Å². The molecule has 2 nitrogen and oxygen atoms in total. The van der Waals surface area contributed by atoms with Crippen molar-refractivity contribution in [3.05, 3.63) is 54.1 Å². The second kappa shape index (κ2) is 3.91. The highest BCUT2D eigenvalue weighted by Crippen LogP contribution is 2.31. The second-order valence-electron chi connectivity index (χ2n) is 4.69. The summed E-state index contributed by atoms with van der Waals surface area (Å²) < 4.78 is 0. The number of phenols is 1. The first kappa shape index (κ1) is 10.9. The predicted molar refractivity (Wildman–Crippen MR) is 76.1 cm³/mol. The molecule has 0 spiro atoms. The van der Waals surface area contributed by atoms with Crippen molar-refractivity contribution in [2.45, 2.75) is 13.3 Å². The van der Waals surface area contributed by atoms with Crippen LogP contribution in [0.5, 0.6) is 5.75 Å². The molecule has 1 heterocycles. The minimum absolute atomic E-state index is 0.325. The summed E-state index contributed by atoms with van der Waals surface area (Å²) in [4.78, 5) is 3.33. The van der Waals surface area contributed by atoms with Gasteiger partial charge in [-0.25, -0.2) is 0 Å². The van der Waals surface area contributed by atoms with Crippen LogP contribution in [0.4, 0.5) is 0 Å². The van der Waals surface area contributed by atoms with E-state index in [1.165, 1.54) is 10.9 Å². The normalized spacial score (nSPS) is 11.2. The summed E-state index contributed by atoms with van der Waals surface area (Å²) >= 11 is 0. The second-order valence-corrected chi connectivity index (χ2v) is 4.69. The number of hydrogen-bond donors (Lipinski definition) is 2. The van der Waals surface area contributed by atoms with E-state index in [1.54, 1.807) is 12.1 Å². The van der Waals surface area contributed by atoms with Gasteiger partial charge in [0.05, 0.1) is 5.52 Å². The molecule has 0 radical (unpaired) electrons. The van der Waals surface area contributed by atoms with E-state index < -0.39 is 0 Å². The quantitative estimate of drug-likeness (QED) is 0.648. The molecular weight excluding hydrogens is 222 g/mol. The van der Waals surface area contributed by atoms with Crippen molar-refractivity contribution in [1.82, 2.24) is 4.98 Å². The van der Waals surface area contributed by atoms with Gasteiger partial charge < -0.3 is 10.1 Å². The number of aryl methyl sites for hydroxylation is 1. The Bertz CT molecular complexity index is 752. The molecule has 0 aliphatic heterocycles. The lowest BCUT2D eigenvalue weighted by atomic mass is 10.0. The number of aromatic nitrogens is 1. The van der Waals surface area contributed by atoms with Gasteiger partial charge in [0.2, 0.25) is 0 Å². The molecule has 90 valence electrons. The molecule has 0 saturated heterocycles. The van der Waals surface area contributed by atoms with Crippen molar-refractivity contribution in [3.63, 3.8) is 0 Å². The molecule has 0 bridgehead atoms. The number of aromatic hydroxyl groups is 1. The third-order valence-corrected chi connectivity index (χ3v) is 3.32. The number of H-pyrrole nitrogens is 1. The lowest BCUT2D eigenvalue weighted by molar-refractivity contribution is 0.470. The SMILES string of the molecule is C=CCc1cc2c(cc1O)[nH]c1ccc(C)cc12. The van der Waals surface area contributed by atoms with Gasteiger partial charge in [-0.2, -0.15) is 0 Å². The molecule has 2 aromatic carbocycles. The van der Waals surface area contributed by atoms with Crippen LogP contribution in [-0.2, 0) is 6.42 Å². The summed E-state index contributed by atoms with van der Waals surface area (Å²) in [5.74, 6) is 0.325. The van der Waals surface area contributed by atoms with Crippen LogP contribution in [0.25, 0.3) is 21.8 Å². The van der Waals surface area contributed by atoms with Gasteiger partial charge in [0.1, 0.15) is 5.75 Å². The fraction of sp³-hybridized carbons (Fsp3) is 0.125. The van der Waals surface area contributed by atoms with Gasteiger partial charge in [-0.3, -0.25) is 0 Å². The summed E-state index contributed by atoms with van der Waals surface area (Å²) in [7, 11) is 0. The molecule has 0 fully saturated rings. The summed E-state index contributed by atoms with van der Waals surface area (Å²) in [6, 6.07) is 10.2. The Morgan fingerprint density at radius 1 is 1.17 bits per heavy atom. The van der Waals surface area contributed by atoms with Crippen LogP contribution in [0.15, 0.2) is 43.0 Å². The summed E-state index contributed by atoms with van der Waals surface area (Å²) in [6.45, 7) is 5.81. The molecule has 3 rings (SSSR count). The number of allylic oxidation sites excluding steroid dienone is 1. The Hall–Kier alpha value is -2.22. The molecule has 0 aliphatic rings. The third kappa shape index (κ3) is 1.58. The van der Waals surface area contributed by atoms with Crippen LogP contribution in [0.2, 0.25) is 0 Å². The van der Waals surface area contributed by atoms with Crippen LogP contribution in [0.1, 0.15) is 11.1 Å². The molecule has 0 aliphatic carbocycles. The first-order valence-corrected chi connectivity index (χ1v) is 6.04. The number of fused-ring (bicyclic) bond motifs is 3. The average Bonchev–Trinajstić information content (AvgIpc) is 2.67. The molecule has 2 heteroatoms. The minimum atomic E-state index is 0.325. The van der Waals surface area contributed by atoms with Gasteiger partial charge in [-0.15, -0.1) is 6.58 Å². The van der Waals surface area contributed by atoms with Crippen molar-refractivity contribution in [2.75, 3.05) is 0 Å². The molecular formula is C16H15NO. The molecule has 1 aromatic heterocycles. The zero-order valence-corrected chi connectivity index (χ0v) is 10.3. The largest absolute Gasteiger partial charge is 0.508 e. The fourth-order valence-electron chi connectivity index (χ4n) is 2.41. The van der Waals surface area contributed by atoms with E-state index in [1.807, 2.05) is 6.07 Å². The standard InChI is InChI=1S/C16H15NO/c1-3-4-11-8-13-12-7-10(2)5-6-14(12)17-15(13)9-16(11)18/h3,5-9,17-18H,1,4H2,2H3. The number of hydrogen-bond acceptors (Lipinski definition) is 1. The van der Waals surface area contributed by atoms with E-state index >= 15 is 0 Å². The Morgan fingerprint density at radius 2 is 1.94 bits per heavy atom. The first-order chi connectivity index (χ1) is 8.69. The zero-order chi connectivity index (χ0) is 12.7. The van der Waals surface area contributed by atoms with Crippen LogP contribution >= 0.6 is 0 Å². The number of nitrogens with one attached hydrogen (secondary N) is 1. The van der Waals surface area contributed by atoms with E-state index in [0.29, 0.717) is 12.2 Å². The molecule has 0 atom stereocenters. The van der Waals surface area contributed by atoms with Gasteiger partial charge in [0.15, 0.2) is 0 Å². The maximum Gasteiger partial charge on any atom is 0.121 e. The van der Waals surface area contributed by atoms with Crippen molar-refractivity contribution in [1.29, 1.82) is 0 Å². The number of benzene rings is 2. The average molecular weight is 237 g/mol. The highest BCUT2D eigenvalue weighted by molar-refractivity contribution is 6.08. The van der Waals surface area contributed by atoms with E-state index in [9.17, 15) is 5.11 Å². The number of rotatable bonds is 2. The maximum absolute atomic E-state index is 9.95. The Morgan fingerprint density at radius 3 is 2.72 bits per heavy atom. The minimum Gasteiger partial charge on any atom is -0.508 e. The lowest BCUT2D eigenvalue weighted by Crippen LogP contribution is -1.82. The van der Waals surface area contributed by atoms with E-state index in [0.717, 1.165) is 22.0 Å². The molecule has 2 N–H and O–H groups in total. The molecule has 0 amide bonds. The van der Waals surface area contributed by atoms with E-state index in [2.05, 4.69) is 36.7 Å². The Labute approximate surface area is 106 Å². The smallest absolute Gasteiger partial charge is 0.121 e. The Kier molecular flexibility index (Phi) is 2.37. The highest BCUT2D eigenvalue weighted by atomic mass is 16.3. The van der Waals surface area contributed by atoms with Crippen LogP contribution < -0.4 is 0 Å². The molecule has 3 aromatic rings.